The minimum atomic E-state index is -0.816. The Labute approximate surface area is 191 Å². The molecule has 11 heteroatoms. The van der Waals surface area contributed by atoms with E-state index in [4.69, 9.17) is 15.2 Å². The smallest absolute Gasteiger partial charge is 0.326 e. The van der Waals surface area contributed by atoms with Gasteiger partial charge < -0.3 is 30.8 Å². The molecule has 1 amide bonds. The predicted molar refractivity (Wildman–Crippen MR) is 128 cm³/mol. The third-order valence-electron chi connectivity index (χ3n) is 4.62. The maximum Gasteiger partial charge on any atom is 0.326 e. The van der Waals surface area contributed by atoms with Gasteiger partial charge in [0.05, 0.1) is 25.9 Å². The predicted octanol–water partition coefficient (Wildman–Crippen LogP) is 0.431. The summed E-state index contributed by atoms with van der Waals surface area (Å²) in [6, 6.07) is 7.13. The number of H-pyrrole nitrogens is 2. The number of rotatable bonds is 12. The first-order valence-corrected chi connectivity index (χ1v) is 10.3. The molecule has 0 radical (unpaired) electrons. The molecular formula is C22H30N6O5. The van der Waals surface area contributed by atoms with Crippen LogP contribution in [0.5, 0.6) is 0 Å². The number of carbonyl (C=O) groups is 1. The molecule has 0 saturated heterocycles. The summed E-state index contributed by atoms with van der Waals surface area (Å²) in [6.07, 6.45) is 3.57. The lowest BCUT2D eigenvalue weighted by Gasteiger charge is -2.16. The normalized spacial score (nSPS) is 12.6. The number of aliphatic imine (C=N–C) groups is 1. The van der Waals surface area contributed by atoms with E-state index >= 15 is 0 Å². The van der Waals surface area contributed by atoms with Gasteiger partial charge in [-0.3, -0.25) is 19.6 Å². The van der Waals surface area contributed by atoms with Crippen LogP contribution in [0.15, 0.2) is 45.0 Å². The molecular weight excluding hydrogens is 428 g/mol. The number of carbonyl (C=O) groups excluding carboxylic acids is 1. The summed E-state index contributed by atoms with van der Waals surface area (Å²) in [6.45, 7) is 4.02. The van der Waals surface area contributed by atoms with Gasteiger partial charge in [0.1, 0.15) is 11.4 Å². The standard InChI is InChI=1S/C22H30N6O5/c1-14(26-21(30)19-18(23)20(29)28-22(31)27-19)15-5-4-6-16(11-15)17(12-24-2)13-25-7-8-33-10-9-32-3/h4-6,11-14,25H,7-10,23H2,1-3H3,(H,26,30)(H2,27,28,29,31)/t14-/m1/s1. The molecule has 33 heavy (non-hydrogen) atoms. The fourth-order valence-corrected chi connectivity index (χ4v) is 2.91. The number of ether oxygens (including phenoxy) is 2. The zero-order chi connectivity index (χ0) is 24.2. The monoisotopic (exact) mass is 458 g/mol. The van der Waals surface area contributed by atoms with E-state index in [1.165, 1.54) is 0 Å². The molecule has 0 saturated carbocycles. The van der Waals surface area contributed by atoms with Gasteiger partial charge in [0.25, 0.3) is 11.5 Å². The van der Waals surface area contributed by atoms with Gasteiger partial charge in [-0.15, -0.1) is 0 Å². The second-order valence-corrected chi connectivity index (χ2v) is 7.06. The van der Waals surface area contributed by atoms with Crippen molar-refractivity contribution in [2.45, 2.75) is 13.0 Å². The Morgan fingerprint density at radius 1 is 1.24 bits per heavy atom. The number of allylic oxidation sites excluding steroid dienone is 1. The second-order valence-electron chi connectivity index (χ2n) is 7.06. The van der Waals surface area contributed by atoms with Crippen molar-refractivity contribution in [2.75, 3.05) is 46.3 Å². The van der Waals surface area contributed by atoms with E-state index in [0.29, 0.717) is 26.4 Å². The van der Waals surface area contributed by atoms with Crippen LogP contribution in [0.3, 0.4) is 0 Å². The molecule has 178 valence electrons. The minimum absolute atomic E-state index is 0.276. The number of amides is 1. The number of nitrogen functional groups attached to an aromatic ring is 1. The van der Waals surface area contributed by atoms with E-state index in [2.05, 4.69) is 20.6 Å². The molecule has 2 aromatic rings. The number of benzene rings is 1. The van der Waals surface area contributed by atoms with Crippen molar-refractivity contribution < 1.29 is 14.3 Å². The Bertz CT molecular complexity index is 1100. The molecule has 0 aliphatic rings. The average Bonchev–Trinajstić information content (AvgIpc) is 2.80. The van der Waals surface area contributed by atoms with Crippen molar-refractivity contribution in [1.29, 1.82) is 0 Å². The van der Waals surface area contributed by atoms with Gasteiger partial charge in [0, 0.05) is 38.7 Å². The summed E-state index contributed by atoms with van der Waals surface area (Å²) in [5.41, 5.74) is 5.93. The van der Waals surface area contributed by atoms with E-state index in [0.717, 1.165) is 16.7 Å². The quantitative estimate of drug-likeness (QED) is 0.227. The molecule has 1 heterocycles. The highest BCUT2D eigenvalue weighted by molar-refractivity contribution is 6.09. The Morgan fingerprint density at radius 3 is 2.76 bits per heavy atom. The number of aromatic amines is 2. The fourth-order valence-electron chi connectivity index (χ4n) is 2.91. The maximum atomic E-state index is 12.6. The number of nitrogens with zero attached hydrogens (tertiary/aromatic N) is 1. The van der Waals surface area contributed by atoms with Crippen molar-refractivity contribution in [2.24, 2.45) is 4.99 Å². The van der Waals surface area contributed by atoms with Gasteiger partial charge in [-0.25, -0.2) is 4.79 Å². The molecule has 1 aromatic carbocycles. The second kappa shape index (κ2) is 13.0. The number of hydrogen-bond acceptors (Lipinski definition) is 8. The Hall–Kier alpha value is -3.70. The molecule has 2 rings (SSSR count). The van der Waals surface area contributed by atoms with Gasteiger partial charge in [0.15, 0.2) is 0 Å². The number of hydrogen-bond donors (Lipinski definition) is 5. The zero-order valence-corrected chi connectivity index (χ0v) is 18.9. The average molecular weight is 459 g/mol. The molecule has 0 aliphatic heterocycles. The highest BCUT2D eigenvalue weighted by Crippen LogP contribution is 2.19. The molecule has 1 aromatic heterocycles. The first-order chi connectivity index (χ1) is 15.9. The van der Waals surface area contributed by atoms with Crippen molar-refractivity contribution in [1.82, 2.24) is 20.6 Å². The Morgan fingerprint density at radius 2 is 2.03 bits per heavy atom. The highest BCUT2D eigenvalue weighted by atomic mass is 16.5. The molecule has 1 atom stereocenters. The Balaban J connectivity index is 2.11. The van der Waals surface area contributed by atoms with Gasteiger partial charge in [-0.1, -0.05) is 18.2 Å². The van der Waals surface area contributed by atoms with Crippen LogP contribution >= 0.6 is 0 Å². The molecule has 0 fully saturated rings. The SMILES string of the molecule is CN=CC(=CNCCOCCOC)c1cccc([C@@H](C)NC(=O)c2[nH]c(=O)[nH]c(=O)c2N)c1. The van der Waals surface area contributed by atoms with E-state index in [1.807, 2.05) is 35.4 Å². The lowest BCUT2D eigenvalue weighted by Crippen LogP contribution is -2.34. The topological polar surface area (TPSA) is 164 Å². The van der Waals surface area contributed by atoms with Crippen LogP contribution in [0.25, 0.3) is 5.57 Å². The molecule has 11 nitrogen and oxygen atoms in total. The molecule has 6 N–H and O–H groups in total. The molecule has 0 unspecified atom stereocenters. The van der Waals surface area contributed by atoms with E-state index in [1.54, 1.807) is 27.3 Å². The lowest BCUT2D eigenvalue weighted by molar-refractivity contribution is 0.0730. The van der Waals surface area contributed by atoms with Crippen LogP contribution in [-0.2, 0) is 9.47 Å². The van der Waals surface area contributed by atoms with Crippen molar-refractivity contribution in [3.05, 3.63) is 68.1 Å². The first kappa shape index (κ1) is 25.6. The number of nitrogens with two attached hydrogens (primary N) is 1. The minimum Gasteiger partial charge on any atom is -0.392 e. The summed E-state index contributed by atoms with van der Waals surface area (Å²) in [5.74, 6) is -0.658. The fraction of sp³-hybridized carbons (Fsp3) is 0.364. The zero-order valence-electron chi connectivity index (χ0n) is 18.9. The van der Waals surface area contributed by atoms with Crippen molar-refractivity contribution in [3.63, 3.8) is 0 Å². The first-order valence-electron chi connectivity index (χ1n) is 10.3. The summed E-state index contributed by atoms with van der Waals surface area (Å²) in [5, 5.41) is 5.94. The van der Waals surface area contributed by atoms with Crippen LogP contribution in [0, 0.1) is 0 Å². The van der Waals surface area contributed by atoms with Crippen LogP contribution in [-0.4, -0.2) is 62.6 Å². The van der Waals surface area contributed by atoms with Crippen LogP contribution in [0.4, 0.5) is 5.69 Å². The van der Waals surface area contributed by atoms with Crippen LogP contribution in [0.2, 0.25) is 0 Å². The van der Waals surface area contributed by atoms with Gasteiger partial charge in [-0.05, 0) is 24.1 Å². The molecule has 0 spiro atoms. The third kappa shape index (κ3) is 7.74. The maximum absolute atomic E-state index is 12.6. The van der Waals surface area contributed by atoms with Crippen LogP contribution in [0.1, 0.15) is 34.6 Å². The van der Waals surface area contributed by atoms with Gasteiger partial charge >= 0.3 is 5.69 Å². The number of aromatic nitrogens is 2. The molecule has 0 bridgehead atoms. The van der Waals surface area contributed by atoms with Crippen molar-refractivity contribution >= 4 is 23.4 Å². The summed E-state index contributed by atoms with van der Waals surface area (Å²) >= 11 is 0. The molecule has 0 aliphatic carbocycles. The van der Waals surface area contributed by atoms with Gasteiger partial charge in [0.2, 0.25) is 0 Å². The van der Waals surface area contributed by atoms with E-state index in [9.17, 15) is 14.4 Å². The van der Waals surface area contributed by atoms with Crippen LogP contribution < -0.4 is 27.6 Å². The summed E-state index contributed by atoms with van der Waals surface area (Å²) < 4.78 is 10.4. The third-order valence-corrected chi connectivity index (χ3v) is 4.62. The van der Waals surface area contributed by atoms with E-state index in [-0.39, 0.29) is 11.4 Å². The largest absolute Gasteiger partial charge is 0.392 e. The highest BCUT2D eigenvalue weighted by Gasteiger charge is 2.17. The summed E-state index contributed by atoms with van der Waals surface area (Å²) in [7, 11) is 3.31. The number of methoxy groups -OCH3 is 1. The van der Waals surface area contributed by atoms with E-state index < -0.39 is 23.2 Å². The lowest BCUT2D eigenvalue weighted by atomic mass is 10.0. The summed E-state index contributed by atoms with van der Waals surface area (Å²) in [4.78, 5) is 44.1. The Kier molecular flexibility index (Phi) is 10.1. The number of nitrogens with one attached hydrogen (secondary N) is 4. The van der Waals surface area contributed by atoms with Gasteiger partial charge in [-0.2, -0.15) is 0 Å². The number of anilines is 1. The van der Waals surface area contributed by atoms with Crippen molar-refractivity contribution in [3.8, 4) is 0 Å².